The van der Waals surface area contributed by atoms with E-state index in [1.165, 1.54) is 0 Å². The highest BCUT2D eigenvalue weighted by molar-refractivity contribution is 6.36. The summed E-state index contributed by atoms with van der Waals surface area (Å²) < 4.78 is 5.95. The number of hydrogen-bond acceptors (Lipinski definition) is 3. The molecule has 0 radical (unpaired) electrons. The van der Waals surface area contributed by atoms with E-state index in [4.69, 9.17) is 27.9 Å². The molecular formula is C15H22Cl2N2O. The fourth-order valence-corrected chi connectivity index (χ4v) is 3.48. The highest BCUT2D eigenvalue weighted by Crippen LogP contribution is 2.38. The quantitative estimate of drug-likeness (QED) is 0.901. The molecule has 5 heteroatoms. The summed E-state index contributed by atoms with van der Waals surface area (Å²) in [6, 6.07) is 5.79. The Morgan fingerprint density at radius 2 is 2.05 bits per heavy atom. The van der Waals surface area contributed by atoms with E-state index in [9.17, 15) is 0 Å². The van der Waals surface area contributed by atoms with Crippen LogP contribution in [0.2, 0.25) is 10.0 Å². The van der Waals surface area contributed by atoms with Gasteiger partial charge in [0.1, 0.15) is 0 Å². The lowest BCUT2D eigenvalue weighted by atomic mass is 9.97. The molecular weight excluding hydrogens is 295 g/mol. The maximum absolute atomic E-state index is 6.41. The molecule has 1 aliphatic heterocycles. The maximum Gasteiger partial charge on any atom is 0.0897 e. The second-order valence-corrected chi connectivity index (χ2v) is 5.90. The Morgan fingerprint density at radius 1 is 1.35 bits per heavy atom. The van der Waals surface area contributed by atoms with Gasteiger partial charge in [-0.1, -0.05) is 36.2 Å². The van der Waals surface area contributed by atoms with E-state index in [1.54, 1.807) is 0 Å². The summed E-state index contributed by atoms with van der Waals surface area (Å²) in [6.07, 6.45) is 1.17. The maximum atomic E-state index is 6.41. The summed E-state index contributed by atoms with van der Waals surface area (Å²) in [4.78, 5) is 2.43. The molecule has 1 N–H and O–H groups in total. The molecule has 0 aromatic heterocycles. The lowest BCUT2D eigenvalue weighted by molar-refractivity contribution is -0.0703. The molecule has 1 fully saturated rings. The lowest BCUT2D eigenvalue weighted by Crippen LogP contribution is -2.49. The minimum Gasteiger partial charge on any atom is -0.374 e. The third-order valence-corrected chi connectivity index (χ3v) is 4.33. The van der Waals surface area contributed by atoms with Crippen molar-refractivity contribution < 1.29 is 4.74 Å². The molecule has 0 aliphatic carbocycles. The third-order valence-electron chi connectivity index (χ3n) is 3.67. The van der Waals surface area contributed by atoms with Crippen LogP contribution < -0.4 is 5.32 Å². The lowest BCUT2D eigenvalue weighted by Gasteiger charge is -2.42. The number of nitrogens with one attached hydrogen (secondary N) is 1. The fraction of sp³-hybridized carbons (Fsp3) is 0.600. The molecule has 112 valence electrons. The van der Waals surface area contributed by atoms with Crippen LogP contribution in [0, 0.1) is 0 Å². The van der Waals surface area contributed by atoms with Crippen molar-refractivity contribution in [1.29, 1.82) is 0 Å². The summed E-state index contributed by atoms with van der Waals surface area (Å²) in [5.74, 6) is 0. The highest BCUT2D eigenvalue weighted by Gasteiger charge is 2.35. The van der Waals surface area contributed by atoms with Gasteiger partial charge in [-0.3, -0.25) is 4.90 Å². The molecule has 1 aliphatic rings. The number of rotatable bonds is 5. The van der Waals surface area contributed by atoms with Gasteiger partial charge >= 0.3 is 0 Å². The van der Waals surface area contributed by atoms with Crippen LogP contribution in [0.5, 0.6) is 0 Å². The van der Waals surface area contributed by atoms with Crippen molar-refractivity contribution in [2.24, 2.45) is 0 Å². The fourth-order valence-electron chi connectivity index (χ4n) is 2.86. The van der Waals surface area contributed by atoms with Crippen molar-refractivity contribution >= 4 is 23.2 Å². The van der Waals surface area contributed by atoms with Crippen LogP contribution in [-0.4, -0.2) is 44.3 Å². The Hall–Kier alpha value is -0.320. The Kier molecular flexibility index (Phi) is 6.12. The second kappa shape index (κ2) is 7.62. The van der Waals surface area contributed by atoms with Gasteiger partial charge in [0.05, 0.1) is 18.8 Å². The minimum atomic E-state index is 0.0673. The molecule has 0 saturated carbocycles. The third kappa shape index (κ3) is 3.46. The summed E-state index contributed by atoms with van der Waals surface area (Å²) in [5, 5.41) is 4.64. The van der Waals surface area contributed by atoms with Crippen molar-refractivity contribution in [1.82, 2.24) is 10.2 Å². The predicted molar refractivity (Wildman–Crippen MR) is 84.7 cm³/mol. The SMILES string of the molecule is CCCN1CCOC(CNC)C1c1c(Cl)cccc1Cl. The number of benzene rings is 1. The van der Waals surface area contributed by atoms with E-state index in [2.05, 4.69) is 17.1 Å². The predicted octanol–water partition coefficient (Wildman–Crippen LogP) is 3.36. The van der Waals surface area contributed by atoms with E-state index >= 15 is 0 Å². The standard InChI is InChI=1S/C15H22Cl2N2O/c1-3-7-19-8-9-20-13(10-18-2)15(19)14-11(16)5-4-6-12(14)17/h4-6,13,15,18H,3,7-10H2,1-2H3. The second-order valence-electron chi connectivity index (χ2n) is 5.08. The molecule has 1 aromatic rings. The molecule has 0 amide bonds. The van der Waals surface area contributed by atoms with Crippen LogP contribution in [-0.2, 0) is 4.74 Å². The largest absolute Gasteiger partial charge is 0.374 e. The molecule has 1 heterocycles. The van der Waals surface area contributed by atoms with Gasteiger partial charge in [-0.2, -0.15) is 0 Å². The van der Waals surface area contributed by atoms with Gasteiger partial charge in [0.15, 0.2) is 0 Å². The molecule has 0 spiro atoms. The molecule has 3 nitrogen and oxygen atoms in total. The highest BCUT2D eigenvalue weighted by atomic mass is 35.5. The first kappa shape index (κ1) is 16.1. The van der Waals surface area contributed by atoms with Gasteiger partial charge in [-0.15, -0.1) is 0 Å². The number of halogens is 2. The summed E-state index contributed by atoms with van der Waals surface area (Å²) >= 11 is 12.8. The average Bonchev–Trinajstić information content (AvgIpc) is 2.42. The average molecular weight is 317 g/mol. The topological polar surface area (TPSA) is 24.5 Å². The van der Waals surface area contributed by atoms with Gasteiger partial charge in [0.2, 0.25) is 0 Å². The van der Waals surface area contributed by atoms with Crippen molar-refractivity contribution in [2.45, 2.75) is 25.5 Å². The zero-order valence-electron chi connectivity index (χ0n) is 12.0. The van der Waals surface area contributed by atoms with E-state index < -0.39 is 0 Å². The first-order chi connectivity index (χ1) is 9.69. The van der Waals surface area contributed by atoms with Crippen molar-refractivity contribution in [3.8, 4) is 0 Å². The number of ether oxygens (including phenoxy) is 1. The molecule has 2 rings (SSSR count). The number of hydrogen-bond donors (Lipinski definition) is 1. The Morgan fingerprint density at radius 3 is 2.65 bits per heavy atom. The van der Waals surface area contributed by atoms with E-state index in [0.29, 0.717) is 0 Å². The Bertz CT molecular complexity index is 404. The van der Waals surface area contributed by atoms with Crippen LogP contribution in [0.3, 0.4) is 0 Å². The summed E-state index contributed by atoms with van der Waals surface area (Å²) in [6.45, 7) is 5.67. The molecule has 1 saturated heterocycles. The van der Waals surface area contributed by atoms with Gasteiger partial charge < -0.3 is 10.1 Å². The molecule has 1 aromatic carbocycles. The molecule has 0 bridgehead atoms. The summed E-state index contributed by atoms with van der Waals surface area (Å²) in [7, 11) is 1.94. The van der Waals surface area contributed by atoms with Gasteiger partial charge in [0, 0.05) is 28.7 Å². The number of morpholine rings is 1. The normalized spacial score (nSPS) is 24.0. The van der Waals surface area contributed by atoms with Crippen LogP contribution in [0.4, 0.5) is 0 Å². The number of nitrogens with zero attached hydrogens (tertiary/aromatic N) is 1. The minimum absolute atomic E-state index is 0.0673. The van der Waals surface area contributed by atoms with Crippen molar-refractivity contribution in [3.63, 3.8) is 0 Å². The van der Waals surface area contributed by atoms with Crippen LogP contribution in [0.1, 0.15) is 24.9 Å². The van der Waals surface area contributed by atoms with Crippen LogP contribution in [0.25, 0.3) is 0 Å². The molecule has 2 unspecified atom stereocenters. The van der Waals surface area contributed by atoms with E-state index in [-0.39, 0.29) is 12.1 Å². The van der Waals surface area contributed by atoms with Crippen LogP contribution >= 0.6 is 23.2 Å². The van der Waals surface area contributed by atoms with E-state index in [0.717, 1.165) is 48.3 Å². The van der Waals surface area contributed by atoms with Crippen LogP contribution in [0.15, 0.2) is 18.2 Å². The smallest absolute Gasteiger partial charge is 0.0897 e. The first-order valence-electron chi connectivity index (χ1n) is 7.13. The van der Waals surface area contributed by atoms with Gasteiger partial charge in [-0.25, -0.2) is 0 Å². The van der Waals surface area contributed by atoms with E-state index in [1.807, 2.05) is 25.2 Å². The molecule has 2 atom stereocenters. The summed E-state index contributed by atoms with van der Waals surface area (Å²) in [5.41, 5.74) is 0.990. The Labute approximate surface area is 131 Å². The van der Waals surface area contributed by atoms with Crippen molar-refractivity contribution in [2.75, 3.05) is 33.3 Å². The van der Waals surface area contributed by atoms with Gasteiger partial charge in [-0.05, 0) is 32.1 Å². The zero-order chi connectivity index (χ0) is 14.5. The first-order valence-corrected chi connectivity index (χ1v) is 7.88. The number of likely N-dealkylation sites (N-methyl/N-ethyl adjacent to an activating group) is 1. The van der Waals surface area contributed by atoms with Crippen molar-refractivity contribution in [3.05, 3.63) is 33.8 Å². The van der Waals surface area contributed by atoms with Gasteiger partial charge in [0.25, 0.3) is 0 Å². The molecule has 20 heavy (non-hydrogen) atoms. The zero-order valence-corrected chi connectivity index (χ0v) is 13.5. The monoisotopic (exact) mass is 316 g/mol. The Balaban J connectivity index is 2.38.